The molecule has 0 bridgehead atoms. The number of aromatic nitrogens is 1. The minimum atomic E-state index is -1.13. The predicted molar refractivity (Wildman–Crippen MR) is 138 cm³/mol. The summed E-state index contributed by atoms with van der Waals surface area (Å²) in [5, 5.41) is 22.2. The lowest BCUT2D eigenvalue weighted by Gasteiger charge is -2.24. The van der Waals surface area contributed by atoms with Crippen LogP contribution in [0.1, 0.15) is 17.2 Å². The van der Waals surface area contributed by atoms with Crippen molar-refractivity contribution in [3.05, 3.63) is 86.6 Å². The highest BCUT2D eigenvalue weighted by atomic mass is 79.9. The van der Waals surface area contributed by atoms with E-state index in [1.165, 1.54) is 36.3 Å². The molecule has 1 saturated heterocycles. The van der Waals surface area contributed by atoms with E-state index in [1.807, 2.05) is 0 Å². The van der Waals surface area contributed by atoms with E-state index in [2.05, 4.69) is 20.9 Å². The maximum atomic E-state index is 13.5. The normalized spacial score (nSPS) is 17.2. The summed E-state index contributed by atoms with van der Waals surface area (Å²) in [6.45, 7) is 0. The fraction of sp³-hybridized carbons (Fsp3) is 0.0800. The number of anilines is 1. The summed E-state index contributed by atoms with van der Waals surface area (Å²) in [4.78, 5) is 32.4. The number of ketones is 1. The van der Waals surface area contributed by atoms with Gasteiger partial charge in [-0.25, -0.2) is 9.37 Å². The Morgan fingerprint density at radius 3 is 2.58 bits per heavy atom. The van der Waals surface area contributed by atoms with Gasteiger partial charge in [-0.3, -0.25) is 14.5 Å². The molecule has 0 radical (unpaired) electrons. The van der Waals surface area contributed by atoms with Gasteiger partial charge in [0, 0.05) is 10.6 Å². The Kier molecular flexibility index (Phi) is 6.19. The number of phenolic OH excluding ortho intramolecular Hbond substituents is 1. The quantitative estimate of drug-likeness (QED) is 0.167. The zero-order valence-electron chi connectivity index (χ0n) is 18.3. The first kappa shape index (κ1) is 24.2. The number of carbonyl (C=O) groups excluding carboxylic acids is 2. The van der Waals surface area contributed by atoms with Gasteiger partial charge in [0.15, 0.2) is 16.6 Å². The van der Waals surface area contributed by atoms with Crippen molar-refractivity contribution in [1.82, 2.24) is 4.98 Å². The van der Waals surface area contributed by atoms with E-state index in [4.69, 9.17) is 16.3 Å². The number of aromatic hydroxyl groups is 1. The molecule has 1 atom stereocenters. The van der Waals surface area contributed by atoms with Gasteiger partial charge in [-0.05, 0) is 76.1 Å². The molecule has 11 heteroatoms. The molecule has 7 nitrogen and oxygen atoms in total. The van der Waals surface area contributed by atoms with E-state index >= 15 is 0 Å². The van der Waals surface area contributed by atoms with Crippen LogP contribution in [0.5, 0.6) is 11.5 Å². The fourth-order valence-corrected chi connectivity index (χ4v) is 5.73. The van der Waals surface area contributed by atoms with Crippen LogP contribution >= 0.6 is 38.9 Å². The second kappa shape index (κ2) is 9.20. The van der Waals surface area contributed by atoms with Gasteiger partial charge in [-0.2, -0.15) is 0 Å². The van der Waals surface area contributed by atoms with Crippen molar-refractivity contribution in [1.29, 1.82) is 0 Å². The number of Topliss-reactive ketones (excluding diaryl/α,β-unsaturated/α-hetero) is 1. The minimum absolute atomic E-state index is 0.0860. The highest BCUT2D eigenvalue weighted by molar-refractivity contribution is 9.10. The maximum absolute atomic E-state index is 13.5. The molecule has 2 N–H and O–H groups in total. The number of nitrogens with zero attached hydrogens (tertiary/aromatic N) is 2. The first-order chi connectivity index (χ1) is 17.2. The molecule has 182 valence electrons. The van der Waals surface area contributed by atoms with Crippen LogP contribution in [0.15, 0.2) is 64.6 Å². The summed E-state index contributed by atoms with van der Waals surface area (Å²) in [5.74, 6) is -2.94. The monoisotopic (exact) mass is 588 g/mol. The van der Waals surface area contributed by atoms with Crippen molar-refractivity contribution >= 4 is 71.7 Å². The summed E-state index contributed by atoms with van der Waals surface area (Å²) < 4.78 is 19.7. The number of hydrogen-bond donors (Lipinski definition) is 2. The molecule has 1 aliphatic heterocycles. The number of carbonyl (C=O) groups is 2. The van der Waals surface area contributed by atoms with Gasteiger partial charge in [0.1, 0.15) is 11.6 Å². The summed E-state index contributed by atoms with van der Waals surface area (Å²) in [6, 6.07) is 11.8. The minimum Gasteiger partial charge on any atom is -0.507 e. The van der Waals surface area contributed by atoms with Crippen molar-refractivity contribution < 1.29 is 28.9 Å². The Morgan fingerprint density at radius 1 is 1.17 bits per heavy atom. The largest absolute Gasteiger partial charge is 0.507 e. The Hall–Kier alpha value is -3.47. The predicted octanol–water partition coefficient (Wildman–Crippen LogP) is 6.19. The van der Waals surface area contributed by atoms with Gasteiger partial charge in [-0.1, -0.05) is 22.9 Å². The average Bonchev–Trinajstić information content (AvgIpc) is 3.38. The first-order valence-corrected chi connectivity index (χ1v) is 12.4. The third-order valence-electron chi connectivity index (χ3n) is 5.69. The van der Waals surface area contributed by atoms with E-state index in [1.54, 1.807) is 18.2 Å². The molecular formula is C25H15BrClFN2O5S. The molecule has 1 amide bonds. The number of benzene rings is 3. The molecule has 1 unspecified atom stereocenters. The van der Waals surface area contributed by atoms with Crippen LogP contribution in [0.25, 0.3) is 16.0 Å². The molecule has 5 rings (SSSR count). The number of halogens is 3. The van der Waals surface area contributed by atoms with E-state index in [9.17, 15) is 24.2 Å². The molecule has 4 aromatic rings. The van der Waals surface area contributed by atoms with Crippen molar-refractivity contribution in [2.24, 2.45) is 0 Å². The molecule has 0 aliphatic carbocycles. The summed E-state index contributed by atoms with van der Waals surface area (Å²) in [7, 11) is 1.36. The van der Waals surface area contributed by atoms with Crippen LogP contribution < -0.4 is 9.64 Å². The Labute approximate surface area is 221 Å². The van der Waals surface area contributed by atoms with Crippen LogP contribution in [0.2, 0.25) is 5.02 Å². The smallest absolute Gasteiger partial charge is 0.301 e. The number of aliphatic hydroxyl groups excluding tert-OH is 1. The summed E-state index contributed by atoms with van der Waals surface area (Å²) in [5.41, 5.74) is 0.864. The lowest BCUT2D eigenvalue weighted by molar-refractivity contribution is -0.132. The first-order valence-electron chi connectivity index (χ1n) is 10.4. The summed E-state index contributed by atoms with van der Waals surface area (Å²) >= 11 is 10.5. The number of thiazole rings is 1. The van der Waals surface area contributed by atoms with Crippen LogP contribution in [-0.4, -0.2) is 34.0 Å². The number of hydrogen-bond acceptors (Lipinski definition) is 7. The second-order valence-corrected chi connectivity index (χ2v) is 10.1. The number of rotatable bonds is 4. The van der Waals surface area contributed by atoms with Crippen molar-refractivity contribution in [3.63, 3.8) is 0 Å². The lowest BCUT2D eigenvalue weighted by Crippen LogP contribution is -2.29. The van der Waals surface area contributed by atoms with Crippen LogP contribution in [0.3, 0.4) is 0 Å². The van der Waals surface area contributed by atoms with Gasteiger partial charge in [0.05, 0.1) is 33.4 Å². The molecule has 1 aliphatic rings. The average molecular weight is 590 g/mol. The Balaban J connectivity index is 1.77. The van der Waals surface area contributed by atoms with E-state index in [0.717, 1.165) is 23.5 Å². The third-order valence-corrected chi connectivity index (χ3v) is 7.55. The van der Waals surface area contributed by atoms with Crippen molar-refractivity contribution in [2.45, 2.75) is 6.04 Å². The molecule has 0 spiro atoms. The Morgan fingerprint density at radius 2 is 1.89 bits per heavy atom. The van der Waals surface area contributed by atoms with Crippen molar-refractivity contribution in [3.8, 4) is 11.5 Å². The van der Waals surface area contributed by atoms with Crippen LogP contribution in [0, 0.1) is 5.82 Å². The third kappa shape index (κ3) is 4.01. The number of ether oxygens (including phenoxy) is 1. The van der Waals surface area contributed by atoms with Gasteiger partial charge in [-0.15, -0.1) is 0 Å². The second-order valence-electron chi connectivity index (χ2n) is 7.84. The van der Waals surface area contributed by atoms with Gasteiger partial charge in [0.25, 0.3) is 5.78 Å². The molecule has 36 heavy (non-hydrogen) atoms. The SMILES string of the molecule is COc1cc(C2C(=C(O)c3ccc(F)cc3)C(=O)C(=O)N2c2nc3ccc(Cl)cc3s2)cc(Br)c1O. The molecule has 0 saturated carbocycles. The number of aliphatic hydroxyl groups is 1. The number of fused-ring (bicyclic) bond motifs is 1. The summed E-state index contributed by atoms with van der Waals surface area (Å²) in [6.07, 6.45) is 0. The lowest BCUT2D eigenvalue weighted by atomic mass is 9.95. The van der Waals surface area contributed by atoms with Gasteiger partial charge < -0.3 is 14.9 Å². The van der Waals surface area contributed by atoms with Crippen LogP contribution in [0.4, 0.5) is 9.52 Å². The van der Waals surface area contributed by atoms with Crippen molar-refractivity contribution in [2.75, 3.05) is 12.0 Å². The standard InChI is InChI=1S/C25H15BrClFN2O5S/c1-35-17-9-12(8-15(26)22(17)32)20-19(21(31)11-2-5-14(28)6-3-11)23(33)24(34)30(20)25-29-16-7-4-13(27)10-18(16)36-25/h2-10,20,31-32H,1H3. The molecule has 2 heterocycles. The van der Waals surface area contributed by atoms with E-state index < -0.39 is 29.3 Å². The zero-order chi connectivity index (χ0) is 25.7. The zero-order valence-corrected chi connectivity index (χ0v) is 21.5. The number of methoxy groups -OCH3 is 1. The molecule has 1 fully saturated rings. The van der Waals surface area contributed by atoms with Gasteiger partial charge >= 0.3 is 5.91 Å². The highest BCUT2D eigenvalue weighted by Crippen LogP contribution is 2.47. The number of amides is 1. The van der Waals surface area contributed by atoms with E-state index in [0.29, 0.717) is 20.8 Å². The maximum Gasteiger partial charge on any atom is 0.301 e. The highest BCUT2D eigenvalue weighted by Gasteiger charge is 2.48. The number of phenols is 1. The fourth-order valence-electron chi connectivity index (χ4n) is 4.01. The Bertz CT molecular complexity index is 1590. The topological polar surface area (TPSA) is 100.0 Å². The van der Waals surface area contributed by atoms with Crippen LogP contribution in [-0.2, 0) is 9.59 Å². The van der Waals surface area contributed by atoms with E-state index in [-0.39, 0.29) is 32.2 Å². The molecular weight excluding hydrogens is 575 g/mol. The molecule has 3 aromatic carbocycles. The van der Waals surface area contributed by atoms with Gasteiger partial charge in [0.2, 0.25) is 0 Å². The molecule has 1 aromatic heterocycles.